The molecule has 0 aliphatic carbocycles. The molecule has 0 fully saturated rings. The van der Waals surface area contributed by atoms with Crippen LogP contribution in [0.3, 0.4) is 0 Å². The molecule has 96 valence electrons. The summed E-state index contributed by atoms with van der Waals surface area (Å²) in [6.07, 6.45) is 0. The summed E-state index contributed by atoms with van der Waals surface area (Å²) in [5.41, 5.74) is 3.17. The molecule has 2 aromatic carbocycles. The van der Waals surface area contributed by atoms with Crippen molar-refractivity contribution in [2.45, 2.75) is 6.92 Å². The lowest BCUT2D eigenvalue weighted by Crippen LogP contribution is -1.77. The molecule has 0 aliphatic heterocycles. The Hall–Kier alpha value is -2.37. The van der Waals surface area contributed by atoms with Gasteiger partial charge in [0.05, 0.1) is 5.69 Å². The second-order valence-electron chi connectivity index (χ2n) is 4.42. The monoisotopic (exact) mass is 275 g/mol. The van der Waals surface area contributed by atoms with Crippen LogP contribution in [-0.4, -0.2) is 4.98 Å². The Morgan fingerprint density at radius 1 is 0.850 bits per heavy atom. The molecule has 0 unspecified atom stereocenters. The molecule has 3 aromatic rings. The molecule has 0 spiro atoms. The lowest BCUT2D eigenvalue weighted by Gasteiger charge is -1.92. The topological polar surface area (TPSA) is 12.9 Å². The van der Waals surface area contributed by atoms with Gasteiger partial charge >= 0.3 is 0 Å². The van der Waals surface area contributed by atoms with Crippen molar-refractivity contribution < 1.29 is 0 Å². The van der Waals surface area contributed by atoms with Gasteiger partial charge in [0.2, 0.25) is 0 Å². The molecule has 1 heterocycles. The number of rotatable bonds is 1. The van der Waals surface area contributed by atoms with E-state index in [0.29, 0.717) is 0 Å². The Labute approximate surface area is 122 Å². The van der Waals surface area contributed by atoms with Crippen molar-refractivity contribution >= 4 is 11.3 Å². The van der Waals surface area contributed by atoms with Gasteiger partial charge in [0.1, 0.15) is 9.88 Å². The minimum atomic E-state index is 0.997. The number of nitrogens with zero attached hydrogens (tertiary/aromatic N) is 1. The van der Waals surface area contributed by atoms with Crippen molar-refractivity contribution in [3.63, 3.8) is 0 Å². The lowest BCUT2D eigenvalue weighted by molar-refractivity contribution is 1.26. The van der Waals surface area contributed by atoms with Crippen LogP contribution in [0.15, 0.2) is 60.7 Å². The first kappa shape index (κ1) is 12.7. The number of benzene rings is 2. The number of aromatic nitrogens is 1. The Kier molecular flexibility index (Phi) is 3.62. The van der Waals surface area contributed by atoms with Crippen molar-refractivity contribution in [2.75, 3.05) is 0 Å². The Balaban J connectivity index is 1.93. The van der Waals surface area contributed by atoms with Gasteiger partial charge in [0.15, 0.2) is 0 Å². The molecule has 0 saturated carbocycles. The van der Waals surface area contributed by atoms with Crippen molar-refractivity contribution in [1.82, 2.24) is 4.98 Å². The van der Waals surface area contributed by atoms with E-state index in [-0.39, 0.29) is 0 Å². The van der Waals surface area contributed by atoms with Gasteiger partial charge in [-0.05, 0) is 25.0 Å². The van der Waals surface area contributed by atoms with Crippen molar-refractivity contribution in [3.05, 3.63) is 76.8 Å². The zero-order chi connectivity index (χ0) is 13.8. The van der Waals surface area contributed by atoms with E-state index in [1.807, 2.05) is 55.5 Å². The number of aryl methyl sites for hydroxylation is 1. The summed E-state index contributed by atoms with van der Waals surface area (Å²) in [6, 6.07) is 20.2. The van der Waals surface area contributed by atoms with Crippen LogP contribution < -0.4 is 0 Å². The molecule has 0 atom stereocenters. The highest BCUT2D eigenvalue weighted by Crippen LogP contribution is 2.27. The second-order valence-corrected chi connectivity index (χ2v) is 5.41. The molecule has 0 amide bonds. The summed E-state index contributed by atoms with van der Waals surface area (Å²) in [6.45, 7) is 2.01. The van der Waals surface area contributed by atoms with Gasteiger partial charge in [-0.2, -0.15) is 0 Å². The summed E-state index contributed by atoms with van der Waals surface area (Å²) in [5, 5.41) is 1.03. The van der Waals surface area contributed by atoms with E-state index in [1.54, 1.807) is 11.3 Å². The number of thiazole rings is 1. The van der Waals surface area contributed by atoms with Gasteiger partial charge < -0.3 is 0 Å². The smallest absolute Gasteiger partial charge is 0.124 e. The second kappa shape index (κ2) is 5.73. The molecule has 2 heteroatoms. The van der Waals surface area contributed by atoms with Gasteiger partial charge in [-0.25, -0.2) is 4.98 Å². The zero-order valence-electron chi connectivity index (χ0n) is 11.1. The quantitative estimate of drug-likeness (QED) is 0.595. The third-order valence-corrected chi connectivity index (χ3v) is 4.03. The highest BCUT2D eigenvalue weighted by atomic mass is 32.1. The number of hydrogen-bond acceptors (Lipinski definition) is 2. The standard InChI is InChI=1S/C18H13NS/c1-14-17(13-12-15-8-4-2-5-9-15)20-18(19-14)16-10-6-3-7-11-16/h2-11H,1H3. The average Bonchev–Trinajstić information content (AvgIpc) is 2.88. The fraction of sp³-hybridized carbons (Fsp3) is 0.0556. The first-order valence-corrected chi connectivity index (χ1v) is 7.24. The molecule has 0 radical (unpaired) electrons. The van der Waals surface area contributed by atoms with Gasteiger partial charge in [-0.3, -0.25) is 0 Å². The van der Waals surface area contributed by atoms with Crippen LogP contribution in [0.25, 0.3) is 10.6 Å². The predicted octanol–water partition coefficient (Wildman–Crippen LogP) is 4.52. The first-order valence-electron chi connectivity index (χ1n) is 6.43. The minimum absolute atomic E-state index is 0.997. The molecule has 1 aromatic heterocycles. The first-order chi connectivity index (χ1) is 9.83. The predicted molar refractivity (Wildman–Crippen MR) is 84.7 cm³/mol. The molecular formula is C18H13NS. The highest BCUT2D eigenvalue weighted by Gasteiger charge is 2.06. The summed E-state index contributed by atoms with van der Waals surface area (Å²) in [5.74, 6) is 6.41. The van der Waals surface area contributed by atoms with Gasteiger partial charge in [0.25, 0.3) is 0 Å². The Morgan fingerprint density at radius 3 is 2.20 bits per heavy atom. The van der Waals surface area contributed by atoms with Crippen LogP contribution in [-0.2, 0) is 0 Å². The summed E-state index contributed by atoms with van der Waals surface area (Å²) in [4.78, 5) is 5.64. The van der Waals surface area contributed by atoms with E-state index in [2.05, 4.69) is 29.0 Å². The molecule has 3 rings (SSSR count). The van der Waals surface area contributed by atoms with Crippen LogP contribution in [0.5, 0.6) is 0 Å². The van der Waals surface area contributed by atoms with E-state index in [9.17, 15) is 0 Å². The third-order valence-electron chi connectivity index (χ3n) is 2.91. The maximum absolute atomic E-state index is 4.61. The van der Waals surface area contributed by atoms with Gasteiger partial charge in [-0.1, -0.05) is 54.5 Å². The van der Waals surface area contributed by atoms with Gasteiger partial charge in [0, 0.05) is 11.1 Å². The third kappa shape index (κ3) is 2.79. The SMILES string of the molecule is Cc1nc(-c2ccccc2)sc1C#Cc1ccccc1. The van der Waals surface area contributed by atoms with E-state index < -0.39 is 0 Å². The largest absolute Gasteiger partial charge is 0.240 e. The lowest BCUT2D eigenvalue weighted by atomic mass is 10.2. The van der Waals surface area contributed by atoms with Crippen LogP contribution in [0.1, 0.15) is 16.1 Å². The highest BCUT2D eigenvalue weighted by molar-refractivity contribution is 7.15. The molecule has 0 N–H and O–H groups in total. The van der Waals surface area contributed by atoms with Crippen molar-refractivity contribution in [1.29, 1.82) is 0 Å². The van der Waals surface area contributed by atoms with Crippen LogP contribution in [0, 0.1) is 18.8 Å². The maximum Gasteiger partial charge on any atom is 0.124 e. The molecular weight excluding hydrogens is 262 g/mol. The number of hydrogen-bond donors (Lipinski definition) is 0. The summed E-state index contributed by atoms with van der Waals surface area (Å²) < 4.78 is 0. The molecule has 20 heavy (non-hydrogen) atoms. The molecule has 0 saturated heterocycles. The van der Waals surface area contributed by atoms with Crippen LogP contribution in [0.2, 0.25) is 0 Å². The van der Waals surface area contributed by atoms with E-state index in [1.165, 1.54) is 0 Å². The fourth-order valence-electron chi connectivity index (χ4n) is 1.87. The van der Waals surface area contributed by atoms with E-state index >= 15 is 0 Å². The Morgan fingerprint density at radius 2 is 1.50 bits per heavy atom. The molecule has 1 nitrogen and oxygen atoms in total. The van der Waals surface area contributed by atoms with E-state index in [4.69, 9.17) is 0 Å². The normalized spacial score (nSPS) is 9.85. The molecule has 0 bridgehead atoms. The molecule has 0 aliphatic rings. The van der Waals surface area contributed by atoms with Crippen LogP contribution in [0.4, 0.5) is 0 Å². The fourth-order valence-corrected chi connectivity index (χ4v) is 2.79. The average molecular weight is 275 g/mol. The van der Waals surface area contributed by atoms with Crippen molar-refractivity contribution in [3.8, 4) is 22.4 Å². The van der Waals surface area contributed by atoms with E-state index in [0.717, 1.165) is 26.7 Å². The zero-order valence-corrected chi connectivity index (χ0v) is 11.9. The minimum Gasteiger partial charge on any atom is -0.240 e. The maximum atomic E-state index is 4.61. The summed E-state index contributed by atoms with van der Waals surface area (Å²) >= 11 is 1.65. The Bertz CT molecular complexity index is 761. The van der Waals surface area contributed by atoms with Crippen LogP contribution >= 0.6 is 11.3 Å². The van der Waals surface area contributed by atoms with Crippen molar-refractivity contribution in [2.24, 2.45) is 0 Å². The van der Waals surface area contributed by atoms with Gasteiger partial charge in [-0.15, -0.1) is 11.3 Å². The summed E-state index contributed by atoms with van der Waals surface area (Å²) in [7, 11) is 0.